The summed E-state index contributed by atoms with van der Waals surface area (Å²) in [6, 6.07) is 9.07. The number of carbonyl (C=O) groups is 1. The number of anilines is 1. The number of hydrogen-bond donors (Lipinski definition) is 4. The van der Waals surface area contributed by atoms with Gasteiger partial charge in [0.05, 0.1) is 0 Å². The van der Waals surface area contributed by atoms with E-state index in [0.29, 0.717) is 12.6 Å². The number of amides is 2. The molecule has 3 rings (SSSR count). The Morgan fingerprint density at radius 3 is 2.55 bits per heavy atom. The van der Waals surface area contributed by atoms with Gasteiger partial charge in [0.15, 0.2) is 5.96 Å². The van der Waals surface area contributed by atoms with E-state index in [1.165, 1.54) is 38.6 Å². The quantitative estimate of drug-likeness (QED) is 0.437. The number of rotatable bonds is 6. The van der Waals surface area contributed by atoms with E-state index < -0.39 is 0 Å². The van der Waals surface area contributed by atoms with Crippen molar-refractivity contribution in [3.8, 4) is 0 Å². The Bertz CT molecular complexity index is 681. The molecule has 2 fully saturated rings. The number of likely N-dealkylation sites (tertiary alicyclic amines) is 1. The van der Waals surface area contributed by atoms with Gasteiger partial charge in [-0.05, 0) is 50.8 Å². The number of aliphatic imine (C=N–C) groups is 1. The van der Waals surface area contributed by atoms with Crippen LogP contribution in [0.15, 0.2) is 29.3 Å². The highest BCUT2D eigenvalue weighted by molar-refractivity contribution is 5.89. The van der Waals surface area contributed by atoms with E-state index >= 15 is 0 Å². The van der Waals surface area contributed by atoms with Crippen LogP contribution in [0.2, 0.25) is 0 Å². The van der Waals surface area contributed by atoms with Crippen LogP contribution in [0.3, 0.4) is 0 Å². The third kappa shape index (κ3) is 6.63. The summed E-state index contributed by atoms with van der Waals surface area (Å²) in [6.45, 7) is 6.87. The molecule has 1 unspecified atom stereocenters. The molecule has 160 valence electrons. The van der Waals surface area contributed by atoms with Gasteiger partial charge >= 0.3 is 6.03 Å². The average Bonchev–Trinajstić information content (AvgIpc) is 3.37. The standard InChI is InChI=1S/C22H36N6O/c1-16(2)25-22(29)27-18-10-8-17(9-11-18)14-24-21(23-3)26-19-12-13-28(15-19)20-6-4-5-7-20/h8-11,16,19-20H,4-7,12-15H2,1-3H3,(H2,23,24,26)(H2,25,27,29). The molecule has 1 aliphatic carbocycles. The van der Waals surface area contributed by atoms with Gasteiger partial charge in [-0.1, -0.05) is 25.0 Å². The molecule has 7 heteroatoms. The van der Waals surface area contributed by atoms with Gasteiger partial charge < -0.3 is 21.3 Å². The Morgan fingerprint density at radius 2 is 1.90 bits per heavy atom. The number of hydrogen-bond acceptors (Lipinski definition) is 3. The Morgan fingerprint density at radius 1 is 1.17 bits per heavy atom. The number of nitrogens with zero attached hydrogens (tertiary/aromatic N) is 2. The van der Waals surface area contributed by atoms with E-state index in [0.717, 1.165) is 29.8 Å². The van der Waals surface area contributed by atoms with E-state index in [4.69, 9.17) is 0 Å². The fraction of sp³-hybridized carbons (Fsp3) is 0.636. The predicted molar refractivity (Wildman–Crippen MR) is 119 cm³/mol. The number of nitrogens with one attached hydrogen (secondary N) is 4. The maximum Gasteiger partial charge on any atom is 0.319 e. The van der Waals surface area contributed by atoms with E-state index in [1.807, 2.05) is 45.2 Å². The topological polar surface area (TPSA) is 80.8 Å². The molecule has 4 N–H and O–H groups in total. The Balaban J connectivity index is 1.42. The second kappa shape index (κ2) is 10.5. The minimum Gasteiger partial charge on any atom is -0.352 e. The van der Waals surface area contributed by atoms with E-state index in [1.54, 1.807) is 0 Å². The van der Waals surface area contributed by atoms with Crippen LogP contribution >= 0.6 is 0 Å². The van der Waals surface area contributed by atoms with Crippen LogP contribution in [-0.2, 0) is 6.54 Å². The molecule has 1 aliphatic heterocycles. The first-order valence-corrected chi connectivity index (χ1v) is 10.9. The summed E-state index contributed by atoms with van der Waals surface area (Å²) in [5.74, 6) is 0.849. The van der Waals surface area contributed by atoms with Crippen molar-refractivity contribution in [3.05, 3.63) is 29.8 Å². The molecule has 0 bridgehead atoms. The SMILES string of the molecule is CN=C(NCc1ccc(NC(=O)NC(C)C)cc1)NC1CCN(C2CCCC2)C1. The van der Waals surface area contributed by atoms with Crippen molar-refractivity contribution in [1.82, 2.24) is 20.9 Å². The van der Waals surface area contributed by atoms with Crippen LogP contribution in [0, 0.1) is 0 Å². The van der Waals surface area contributed by atoms with E-state index in [-0.39, 0.29) is 12.1 Å². The van der Waals surface area contributed by atoms with Crippen molar-refractivity contribution in [2.75, 3.05) is 25.5 Å². The normalized spacial score (nSPS) is 20.8. The Hall–Kier alpha value is -2.28. The minimum absolute atomic E-state index is 0.114. The summed E-state index contributed by atoms with van der Waals surface area (Å²) >= 11 is 0. The van der Waals surface area contributed by atoms with Crippen molar-refractivity contribution in [3.63, 3.8) is 0 Å². The van der Waals surface area contributed by atoms with Crippen LogP contribution in [0.1, 0.15) is 51.5 Å². The summed E-state index contributed by atoms with van der Waals surface area (Å²) in [5.41, 5.74) is 1.93. The van der Waals surface area contributed by atoms with Crippen molar-refractivity contribution < 1.29 is 4.79 Å². The molecular formula is C22H36N6O. The molecule has 1 aromatic carbocycles. The fourth-order valence-corrected chi connectivity index (χ4v) is 4.22. The average molecular weight is 401 g/mol. The number of guanidine groups is 1. The molecule has 1 aromatic rings. The fourth-order valence-electron chi connectivity index (χ4n) is 4.22. The molecule has 1 saturated heterocycles. The maximum absolute atomic E-state index is 11.8. The lowest BCUT2D eigenvalue weighted by atomic mass is 10.2. The summed E-state index contributed by atoms with van der Waals surface area (Å²) in [5, 5.41) is 12.6. The third-order valence-corrected chi connectivity index (χ3v) is 5.72. The number of carbonyl (C=O) groups excluding carboxylic acids is 1. The Kier molecular flexibility index (Phi) is 7.75. The lowest BCUT2D eigenvalue weighted by Gasteiger charge is -2.24. The molecule has 1 saturated carbocycles. The van der Waals surface area contributed by atoms with Gasteiger partial charge in [-0.15, -0.1) is 0 Å². The van der Waals surface area contributed by atoms with Crippen LogP contribution in [0.5, 0.6) is 0 Å². The van der Waals surface area contributed by atoms with Crippen molar-refractivity contribution >= 4 is 17.7 Å². The predicted octanol–water partition coefficient (Wildman–Crippen LogP) is 2.90. The highest BCUT2D eigenvalue weighted by Gasteiger charge is 2.30. The zero-order valence-electron chi connectivity index (χ0n) is 18.0. The van der Waals surface area contributed by atoms with Gasteiger partial charge in [-0.3, -0.25) is 9.89 Å². The lowest BCUT2D eigenvalue weighted by molar-refractivity contribution is 0.242. The molecule has 1 atom stereocenters. The first kappa shape index (κ1) is 21.4. The molecule has 7 nitrogen and oxygen atoms in total. The summed E-state index contributed by atoms with van der Waals surface area (Å²) < 4.78 is 0. The summed E-state index contributed by atoms with van der Waals surface area (Å²) in [7, 11) is 1.82. The first-order valence-electron chi connectivity index (χ1n) is 10.9. The molecule has 0 aromatic heterocycles. The molecule has 0 spiro atoms. The second-order valence-corrected chi connectivity index (χ2v) is 8.44. The highest BCUT2D eigenvalue weighted by atomic mass is 16.2. The van der Waals surface area contributed by atoms with Gasteiger partial charge in [0.1, 0.15) is 0 Å². The van der Waals surface area contributed by atoms with Crippen LogP contribution in [-0.4, -0.2) is 55.2 Å². The largest absolute Gasteiger partial charge is 0.352 e. The third-order valence-electron chi connectivity index (χ3n) is 5.72. The minimum atomic E-state index is -0.182. The second-order valence-electron chi connectivity index (χ2n) is 8.44. The zero-order valence-corrected chi connectivity index (χ0v) is 18.0. The van der Waals surface area contributed by atoms with Crippen molar-refractivity contribution in [1.29, 1.82) is 0 Å². The van der Waals surface area contributed by atoms with Gasteiger partial charge in [0.25, 0.3) is 0 Å². The van der Waals surface area contributed by atoms with Crippen molar-refractivity contribution in [2.24, 2.45) is 4.99 Å². The highest BCUT2D eigenvalue weighted by Crippen LogP contribution is 2.26. The number of benzene rings is 1. The van der Waals surface area contributed by atoms with E-state index in [2.05, 4.69) is 31.2 Å². The van der Waals surface area contributed by atoms with Crippen LogP contribution in [0.4, 0.5) is 10.5 Å². The zero-order chi connectivity index (χ0) is 20.6. The maximum atomic E-state index is 11.8. The first-order chi connectivity index (χ1) is 14.0. The van der Waals surface area contributed by atoms with Gasteiger partial charge in [0, 0.05) is 50.5 Å². The van der Waals surface area contributed by atoms with Gasteiger partial charge in [-0.25, -0.2) is 4.79 Å². The molecule has 2 aliphatic rings. The molecule has 29 heavy (non-hydrogen) atoms. The molecule has 1 heterocycles. The summed E-state index contributed by atoms with van der Waals surface area (Å²) in [4.78, 5) is 18.8. The smallest absolute Gasteiger partial charge is 0.319 e. The molecule has 0 radical (unpaired) electrons. The Labute approximate surface area is 174 Å². The van der Waals surface area contributed by atoms with Crippen LogP contribution < -0.4 is 21.3 Å². The van der Waals surface area contributed by atoms with Crippen LogP contribution in [0.25, 0.3) is 0 Å². The summed E-state index contributed by atoms with van der Waals surface area (Å²) in [6.07, 6.45) is 6.68. The van der Waals surface area contributed by atoms with Crippen molar-refractivity contribution in [2.45, 2.75) is 70.6 Å². The lowest BCUT2D eigenvalue weighted by Crippen LogP contribution is -2.45. The van der Waals surface area contributed by atoms with Gasteiger partial charge in [0.2, 0.25) is 0 Å². The van der Waals surface area contributed by atoms with E-state index in [9.17, 15) is 4.79 Å². The van der Waals surface area contributed by atoms with Gasteiger partial charge in [-0.2, -0.15) is 0 Å². The monoisotopic (exact) mass is 400 g/mol. The molecular weight excluding hydrogens is 364 g/mol. The molecule has 2 amide bonds. The number of urea groups is 1.